The molecule has 1 N–H and O–H groups in total. The van der Waals surface area contributed by atoms with Crippen molar-refractivity contribution < 1.29 is 9.50 Å². The molecule has 1 heterocycles. The van der Waals surface area contributed by atoms with E-state index in [9.17, 15) is 9.50 Å². The van der Waals surface area contributed by atoms with Crippen LogP contribution in [0.5, 0.6) is 0 Å². The molecule has 5 heteroatoms. The zero-order valence-electron chi connectivity index (χ0n) is 12.5. The minimum atomic E-state index is -0.557. The molecule has 0 saturated heterocycles. The second-order valence-electron chi connectivity index (χ2n) is 5.08. The van der Waals surface area contributed by atoms with Gasteiger partial charge in [0.05, 0.1) is 18.3 Å². The summed E-state index contributed by atoms with van der Waals surface area (Å²) in [6.07, 6.45) is 0.951. The van der Waals surface area contributed by atoms with E-state index in [0.29, 0.717) is 12.1 Å². The average Bonchev–Trinajstić information content (AvgIpc) is 2.79. The molecule has 21 heavy (non-hydrogen) atoms. The summed E-state index contributed by atoms with van der Waals surface area (Å²) in [4.78, 5) is 0. The maximum Gasteiger partial charge on any atom is 0.129 e. The molecule has 2 rings (SSSR count). The van der Waals surface area contributed by atoms with Crippen molar-refractivity contribution in [1.82, 2.24) is 9.78 Å². The average molecular weight is 355 g/mol. The van der Waals surface area contributed by atoms with E-state index < -0.39 is 6.10 Å². The quantitative estimate of drug-likeness (QED) is 0.880. The van der Waals surface area contributed by atoms with Crippen molar-refractivity contribution in [2.24, 2.45) is 0 Å². The van der Waals surface area contributed by atoms with E-state index in [1.165, 1.54) is 6.07 Å². The fraction of sp³-hybridized carbons (Fsp3) is 0.438. The fourth-order valence-electron chi connectivity index (χ4n) is 2.62. The maximum atomic E-state index is 14.0. The van der Waals surface area contributed by atoms with Gasteiger partial charge in [-0.25, -0.2) is 4.39 Å². The Morgan fingerprint density at radius 1 is 1.33 bits per heavy atom. The Hall–Kier alpha value is -1.20. The van der Waals surface area contributed by atoms with Crippen molar-refractivity contribution in [2.75, 3.05) is 0 Å². The maximum absolute atomic E-state index is 14.0. The molecular formula is C16H20BrFN2O. The van der Waals surface area contributed by atoms with Crippen molar-refractivity contribution in [1.29, 1.82) is 0 Å². The van der Waals surface area contributed by atoms with Crippen LogP contribution in [-0.2, 0) is 19.4 Å². The number of benzene rings is 1. The van der Waals surface area contributed by atoms with Crippen LogP contribution in [0.2, 0.25) is 0 Å². The number of nitrogens with zero attached hydrogens (tertiary/aromatic N) is 2. The molecular weight excluding hydrogens is 335 g/mol. The van der Waals surface area contributed by atoms with E-state index >= 15 is 0 Å². The Balaban J connectivity index is 2.44. The van der Waals surface area contributed by atoms with Crippen molar-refractivity contribution >= 4 is 15.9 Å². The third-order valence-electron chi connectivity index (χ3n) is 3.60. The molecule has 1 atom stereocenters. The topological polar surface area (TPSA) is 38.0 Å². The van der Waals surface area contributed by atoms with Crippen LogP contribution in [-0.4, -0.2) is 14.9 Å². The van der Waals surface area contributed by atoms with E-state index in [0.717, 1.165) is 34.3 Å². The van der Waals surface area contributed by atoms with Crippen molar-refractivity contribution in [3.05, 3.63) is 51.0 Å². The smallest absolute Gasteiger partial charge is 0.129 e. The third kappa shape index (κ3) is 3.35. The molecule has 0 amide bonds. The number of rotatable bonds is 5. The molecule has 3 nitrogen and oxygen atoms in total. The Kier molecular flexibility index (Phi) is 5.17. The summed E-state index contributed by atoms with van der Waals surface area (Å²) in [5.41, 5.74) is 3.34. The minimum absolute atomic E-state index is 0.251. The highest BCUT2D eigenvalue weighted by Gasteiger charge is 2.19. The summed E-state index contributed by atoms with van der Waals surface area (Å²) < 4.78 is 16.5. The molecule has 114 valence electrons. The zero-order valence-corrected chi connectivity index (χ0v) is 14.1. The summed E-state index contributed by atoms with van der Waals surface area (Å²) in [7, 11) is 0. The van der Waals surface area contributed by atoms with Gasteiger partial charge in [-0.2, -0.15) is 5.10 Å². The molecule has 0 aliphatic carbocycles. The first-order valence-corrected chi connectivity index (χ1v) is 7.97. The van der Waals surface area contributed by atoms with Gasteiger partial charge in [0, 0.05) is 21.3 Å². The highest BCUT2D eigenvalue weighted by atomic mass is 79.9. The summed E-state index contributed by atoms with van der Waals surface area (Å²) >= 11 is 3.26. The second kappa shape index (κ2) is 6.71. The van der Waals surface area contributed by atoms with Gasteiger partial charge in [-0.15, -0.1) is 0 Å². The van der Waals surface area contributed by atoms with Gasteiger partial charge >= 0.3 is 0 Å². The van der Waals surface area contributed by atoms with Gasteiger partial charge in [-0.05, 0) is 31.9 Å². The molecule has 0 bridgehead atoms. The lowest BCUT2D eigenvalue weighted by atomic mass is 10.0. The van der Waals surface area contributed by atoms with Gasteiger partial charge in [0.25, 0.3) is 0 Å². The minimum Gasteiger partial charge on any atom is -0.389 e. The van der Waals surface area contributed by atoms with Gasteiger partial charge in [0.2, 0.25) is 0 Å². The van der Waals surface area contributed by atoms with Crippen LogP contribution in [0.3, 0.4) is 0 Å². The molecule has 1 aromatic carbocycles. The van der Waals surface area contributed by atoms with Crippen LogP contribution in [0.25, 0.3) is 0 Å². The molecule has 0 fully saturated rings. The molecule has 2 aromatic rings. The first-order chi connectivity index (χ1) is 9.97. The largest absolute Gasteiger partial charge is 0.389 e. The van der Waals surface area contributed by atoms with E-state index in [2.05, 4.69) is 21.0 Å². The molecule has 0 spiro atoms. The number of aryl methyl sites for hydroxylation is 1. The van der Waals surface area contributed by atoms with Crippen LogP contribution >= 0.6 is 15.9 Å². The highest BCUT2D eigenvalue weighted by Crippen LogP contribution is 2.25. The van der Waals surface area contributed by atoms with Crippen molar-refractivity contribution in [3.8, 4) is 0 Å². The second-order valence-corrected chi connectivity index (χ2v) is 6.00. The van der Waals surface area contributed by atoms with Crippen LogP contribution in [0.4, 0.5) is 4.39 Å². The summed E-state index contributed by atoms with van der Waals surface area (Å²) in [5.74, 6) is -0.251. The molecule has 0 saturated carbocycles. The molecule has 0 radical (unpaired) electrons. The molecule has 1 unspecified atom stereocenters. The zero-order chi connectivity index (χ0) is 15.6. The Morgan fingerprint density at radius 2 is 2.05 bits per heavy atom. The number of hydrogen-bond acceptors (Lipinski definition) is 2. The highest BCUT2D eigenvalue weighted by molar-refractivity contribution is 9.10. The standard InChI is InChI=1S/C16H20BrFN2O/c1-4-14-16(10(3)21)15(5-2)20(19-14)9-11-6-7-12(17)8-13(11)18/h6-8,10,21H,4-5,9H2,1-3H3. The van der Waals surface area contributed by atoms with E-state index in [1.807, 2.05) is 24.6 Å². The third-order valence-corrected chi connectivity index (χ3v) is 4.09. The predicted molar refractivity (Wildman–Crippen MR) is 84.8 cm³/mol. The number of aliphatic hydroxyl groups is 1. The monoisotopic (exact) mass is 354 g/mol. The lowest BCUT2D eigenvalue weighted by molar-refractivity contribution is 0.197. The van der Waals surface area contributed by atoms with Crippen LogP contribution < -0.4 is 0 Å². The van der Waals surface area contributed by atoms with Gasteiger partial charge in [-0.3, -0.25) is 4.68 Å². The number of aromatic nitrogens is 2. The van der Waals surface area contributed by atoms with E-state index in [4.69, 9.17) is 0 Å². The Morgan fingerprint density at radius 3 is 2.57 bits per heavy atom. The van der Waals surface area contributed by atoms with Crippen LogP contribution in [0, 0.1) is 5.82 Å². The van der Waals surface area contributed by atoms with Gasteiger partial charge in [0.1, 0.15) is 5.82 Å². The van der Waals surface area contributed by atoms with E-state index in [1.54, 1.807) is 13.0 Å². The van der Waals surface area contributed by atoms with Crippen LogP contribution in [0.15, 0.2) is 22.7 Å². The summed E-state index contributed by atoms with van der Waals surface area (Å²) in [6.45, 7) is 6.16. The summed E-state index contributed by atoms with van der Waals surface area (Å²) in [5, 5.41) is 14.5. The summed E-state index contributed by atoms with van der Waals surface area (Å²) in [6, 6.07) is 5.04. The van der Waals surface area contributed by atoms with Crippen LogP contribution in [0.1, 0.15) is 49.4 Å². The van der Waals surface area contributed by atoms with E-state index in [-0.39, 0.29) is 5.82 Å². The van der Waals surface area contributed by atoms with Crippen molar-refractivity contribution in [2.45, 2.75) is 46.3 Å². The molecule has 1 aromatic heterocycles. The first kappa shape index (κ1) is 16.2. The lowest BCUT2D eigenvalue weighted by Gasteiger charge is -2.10. The van der Waals surface area contributed by atoms with Gasteiger partial charge in [-0.1, -0.05) is 35.8 Å². The fourth-order valence-corrected chi connectivity index (χ4v) is 2.96. The van der Waals surface area contributed by atoms with Gasteiger partial charge in [0.15, 0.2) is 0 Å². The van der Waals surface area contributed by atoms with Gasteiger partial charge < -0.3 is 5.11 Å². The predicted octanol–water partition coefficient (Wildman–Crippen LogP) is 4.01. The van der Waals surface area contributed by atoms with Crippen molar-refractivity contribution in [3.63, 3.8) is 0 Å². The number of hydrogen-bond donors (Lipinski definition) is 1. The number of halogens is 2. The lowest BCUT2D eigenvalue weighted by Crippen LogP contribution is -2.08. The molecule has 0 aliphatic heterocycles. The Labute approximate surface area is 132 Å². The number of aliphatic hydroxyl groups excluding tert-OH is 1. The Bertz CT molecular complexity index is 637. The molecule has 0 aliphatic rings. The SMILES string of the molecule is CCc1nn(Cc2ccc(Br)cc2F)c(CC)c1C(C)O. The first-order valence-electron chi connectivity index (χ1n) is 7.18. The normalized spacial score (nSPS) is 12.7.